The summed E-state index contributed by atoms with van der Waals surface area (Å²) in [6.07, 6.45) is 6.59. The summed E-state index contributed by atoms with van der Waals surface area (Å²) in [5.74, 6) is 4.88. The van der Waals surface area contributed by atoms with Crippen LogP contribution in [0.15, 0.2) is 182 Å². The van der Waals surface area contributed by atoms with Crippen LogP contribution in [0.3, 0.4) is 0 Å². The van der Waals surface area contributed by atoms with Gasteiger partial charge in [0.05, 0.1) is 0 Å². The molecule has 1 aromatic heterocycles. The van der Waals surface area contributed by atoms with Crippen LogP contribution in [0.25, 0.3) is 78.0 Å². The van der Waals surface area contributed by atoms with Crippen LogP contribution in [0.2, 0.25) is 0 Å². The van der Waals surface area contributed by atoms with E-state index in [1.54, 1.807) is 0 Å². The average molecular weight is 848 g/mol. The van der Waals surface area contributed by atoms with Crippen molar-refractivity contribution in [1.82, 2.24) is 15.0 Å². The topological polar surface area (TPSA) is 55.7 Å². The third-order valence-corrected chi connectivity index (χ3v) is 16.6. The van der Waals surface area contributed by atoms with E-state index in [1.165, 1.54) is 54.4 Å². The van der Waals surface area contributed by atoms with Gasteiger partial charge < -0.3 is 4.57 Å². The van der Waals surface area contributed by atoms with Crippen molar-refractivity contribution in [2.75, 3.05) is 13.3 Å². The lowest BCUT2D eigenvalue weighted by Crippen LogP contribution is -2.56. The summed E-state index contributed by atoms with van der Waals surface area (Å²) in [4.78, 5) is 15.7. The highest BCUT2D eigenvalue weighted by Gasteiger charge is 2.58. The maximum absolute atomic E-state index is 13.3. The molecule has 5 heteroatoms. The monoisotopic (exact) mass is 847 g/mol. The zero-order chi connectivity index (χ0) is 43.0. The Bertz CT molecular complexity index is 3250. The molecule has 8 aromatic carbocycles. The quantitative estimate of drug-likeness (QED) is 0.143. The van der Waals surface area contributed by atoms with Crippen molar-refractivity contribution in [2.45, 2.75) is 37.5 Å². The number of benzene rings is 8. The van der Waals surface area contributed by atoms with Crippen molar-refractivity contribution in [1.29, 1.82) is 0 Å². The molecule has 0 radical (unpaired) electrons. The first-order chi connectivity index (χ1) is 31.3. The van der Waals surface area contributed by atoms with Gasteiger partial charge in [-0.2, -0.15) is 0 Å². The fourth-order valence-electron chi connectivity index (χ4n) is 12.5. The van der Waals surface area contributed by atoms with E-state index in [1.807, 2.05) is 13.3 Å². The van der Waals surface area contributed by atoms with Gasteiger partial charge in [0.25, 0.3) is 0 Å². The smallest absolute Gasteiger partial charge is 0.164 e. The molecule has 0 spiro atoms. The van der Waals surface area contributed by atoms with Gasteiger partial charge in [-0.05, 0) is 130 Å². The van der Waals surface area contributed by atoms with Crippen molar-refractivity contribution >= 4 is 34.0 Å². The third-order valence-electron chi connectivity index (χ3n) is 15.1. The van der Waals surface area contributed by atoms with Crippen LogP contribution in [0.4, 0.5) is 0 Å². The Morgan fingerprint density at radius 3 is 1.64 bits per heavy atom. The summed E-state index contributed by atoms with van der Waals surface area (Å²) in [6.45, 7) is 3.74. The summed E-state index contributed by atoms with van der Waals surface area (Å²) in [7, 11) is -2.45. The van der Waals surface area contributed by atoms with Gasteiger partial charge in [-0.3, -0.25) is 0 Å². The normalized spacial score (nSPS) is 21.4. The second-order valence-electron chi connectivity index (χ2n) is 19.1. The van der Waals surface area contributed by atoms with E-state index >= 15 is 0 Å². The van der Waals surface area contributed by atoms with Gasteiger partial charge in [0.15, 0.2) is 17.5 Å². The molecule has 4 aliphatic carbocycles. The largest absolute Gasteiger partial charge is 0.319 e. The van der Waals surface area contributed by atoms with Gasteiger partial charge in [-0.1, -0.05) is 176 Å². The van der Waals surface area contributed by atoms with Crippen LogP contribution in [-0.2, 0) is 9.98 Å². The van der Waals surface area contributed by atoms with E-state index in [0.717, 1.165) is 66.5 Å². The third kappa shape index (κ3) is 6.57. The molecule has 4 bridgehead atoms. The van der Waals surface area contributed by atoms with Crippen molar-refractivity contribution in [3.8, 4) is 56.4 Å². The van der Waals surface area contributed by atoms with Gasteiger partial charge in [-0.15, -0.1) is 0 Å². The Balaban J connectivity index is 0.967. The molecular weight excluding hydrogens is 798 g/mol. The van der Waals surface area contributed by atoms with E-state index < -0.39 is 7.14 Å². The molecule has 1 heterocycles. The Morgan fingerprint density at radius 1 is 0.422 bits per heavy atom. The van der Waals surface area contributed by atoms with Gasteiger partial charge in [0, 0.05) is 27.4 Å². The fourth-order valence-corrected chi connectivity index (χ4v) is 13.7. The number of fused-ring (bicyclic) bond motifs is 2. The highest BCUT2D eigenvalue weighted by molar-refractivity contribution is 7.70. The Morgan fingerprint density at radius 2 is 0.953 bits per heavy atom. The van der Waals surface area contributed by atoms with Crippen LogP contribution in [0.5, 0.6) is 0 Å². The summed E-state index contributed by atoms with van der Waals surface area (Å²) in [5.41, 5.74) is 10.4. The Labute approximate surface area is 375 Å². The molecule has 13 rings (SSSR count). The van der Waals surface area contributed by atoms with Crippen molar-refractivity contribution in [3.63, 3.8) is 0 Å². The molecule has 4 fully saturated rings. The lowest BCUT2D eigenvalue weighted by molar-refractivity contribution is -0.0418. The summed E-state index contributed by atoms with van der Waals surface area (Å²) >= 11 is 0. The second kappa shape index (κ2) is 15.4. The highest BCUT2D eigenvalue weighted by atomic mass is 31.2. The number of rotatable bonds is 8. The van der Waals surface area contributed by atoms with E-state index in [-0.39, 0.29) is 5.41 Å². The molecule has 4 nitrogen and oxygen atoms in total. The first-order valence-corrected chi connectivity index (χ1v) is 25.6. The predicted molar refractivity (Wildman–Crippen MR) is 265 cm³/mol. The zero-order valence-electron chi connectivity index (χ0n) is 36.4. The molecule has 64 heavy (non-hydrogen) atoms. The maximum Gasteiger partial charge on any atom is 0.164 e. The van der Waals surface area contributed by atoms with Crippen LogP contribution < -0.4 is 5.30 Å². The van der Waals surface area contributed by atoms with E-state index in [2.05, 4.69) is 182 Å². The number of hydrogen-bond donors (Lipinski definition) is 0. The molecule has 312 valence electrons. The second-order valence-corrected chi connectivity index (χ2v) is 22.3. The highest BCUT2D eigenvalue weighted by Crippen LogP contribution is 2.65. The zero-order valence-corrected chi connectivity index (χ0v) is 37.3. The minimum atomic E-state index is -2.45. The van der Waals surface area contributed by atoms with E-state index in [4.69, 9.17) is 15.0 Å². The van der Waals surface area contributed by atoms with Crippen molar-refractivity contribution in [2.24, 2.45) is 23.7 Å². The van der Waals surface area contributed by atoms with Gasteiger partial charge in [0.1, 0.15) is 7.14 Å². The molecule has 0 N–H and O–H groups in total. The van der Waals surface area contributed by atoms with Crippen molar-refractivity contribution in [3.05, 3.63) is 193 Å². The first-order valence-electron chi connectivity index (χ1n) is 23.0. The lowest BCUT2D eigenvalue weighted by Gasteiger charge is -2.62. The molecule has 0 unspecified atom stereocenters. The van der Waals surface area contributed by atoms with Gasteiger partial charge in [-0.25, -0.2) is 15.0 Å². The number of aromatic nitrogens is 3. The Hall–Kier alpha value is -6.48. The molecule has 0 amide bonds. The summed E-state index contributed by atoms with van der Waals surface area (Å²) < 4.78 is 13.3. The summed E-state index contributed by atoms with van der Waals surface area (Å²) in [5, 5.41) is 5.48. The Kier molecular flexibility index (Phi) is 9.39. The van der Waals surface area contributed by atoms with Crippen LogP contribution in [-0.4, -0.2) is 28.3 Å². The molecule has 9 aromatic rings. The van der Waals surface area contributed by atoms with E-state index in [9.17, 15) is 4.57 Å². The fraction of sp³-hybridized carbons (Fsp3) is 0.203. The lowest BCUT2D eigenvalue weighted by atomic mass is 9.42. The SMILES string of the molecule is CP(C)(=O)c1ccc(-c2ccc(C3(c4ccc(-c5nc(-c6cccc(-c7ccccc7)c6)nc(-c6cccc7ccccc67)n5)cc4)C4CC5CC(C4)CC3C5)cc2)c2ccccc12. The minimum absolute atomic E-state index is 0.0658. The first kappa shape index (κ1) is 39.1. The van der Waals surface area contributed by atoms with Gasteiger partial charge >= 0.3 is 0 Å². The minimum Gasteiger partial charge on any atom is -0.319 e. The molecule has 0 aliphatic heterocycles. The van der Waals surface area contributed by atoms with Crippen LogP contribution in [0.1, 0.15) is 43.2 Å². The maximum atomic E-state index is 13.3. The van der Waals surface area contributed by atoms with Crippen LogP contribution >= 0.6 is 7.14 Å². The molecule has 0 atom stereocenters. The summed E-state index contributed by atoms with van der Waals surface area (Å²) in [6, 6.07) is 65.6. The number of nitrogens with zero attached hydrogens (tertiary/aromatic N) is 3. The number of hydrogen-bond acceptors (Lipinski definition) is 4. The predicted octanol–water partition coefficient (Wildman–Crippen LogP) is 14.5. The standard InChI is InChI=1S/C59H50N3OP/c1-64(2,63)55-31-30-51(52-19-8-9-20-53(52)55)42-22-26-46(27-23-42)59(48-33-38-32-39(35-48)36-49(59)34-38)47-28-24-43(25-29-47)56-60-57(45-17-10-16-44(37-45)40-12-4-3-5-13-40)62-58(61-56)54-21-11-15-41-14-6-7-18-50(41)54/h3-31,37-39,48-49H,32-36H2,1-2H3. The van der Waals surface area contributed by atoms with Crippen molar-refractivity contribution < 1.29 is 4.57 Å². The molecule has 4 saturated carbocycles. The average Bonchev–Trinajstić information content (AvgIpc) is 3.33. The van der Waals surface area contributed by atoms with E-state index in [0.29, 0.717) is 29.3 Å². The van der Waals surface area contributed by atoms with Crippen LogP contribution in [0, 0.1) is 23.7 Å². The molecule has 4 aliphatic rings. The molecular formula is C59H50N3OP. The molecule has 0 saturated heterocycles. The van der Waals surface area contributed by atoms with Gasteiger partial charge in [0.2, 0.25) is 0 Å².